The van der Waals surface area contributed by atoms with Crippen molar-refractivity contribution in [2.24, 2.45) is 0 Å². The molecule has 0 fully saturated rings. The maximum atomic E-state index is 14.0. The number of benzene rings is 2. The fraction of sp³-hybridized carbons (Fsp3) is 0.423. The molecule has 1 aliphatic rings. The lowest BCUT2D eigenvalue weighted by molar-refractivity contribution is -0.145. The van der Waals surface area contributed by atoms with Crippen molar-refractivity contribution in [3.05, 3.63) is 64.5 Å². The number of aryl methyl sites for hydroxylation is 1. The molecule has 0 aromatic heterocycles. The number of carbonyl (C=O) groups excluding carboxylic acids is 3. The van der Waals surface area contributed by atoms with Crippen LogP contribution in [0, 0.1) is 12.7 Å². The first-order valence-electron chi connectivity index (χ1n) is 11.8. The minimum absolute atomic E-state index is 0.0194. The van der Waals surface area contributed by atoms with Gasteiger partial charge >= 0.3 is 0 Å². The molecule has 0 aliphatic carbocycles. The van der Waals surface area contributed by atoms with E-state index in [1.54, 1.807) is 41.2 Å². The largest absolute Gasteiger partial charge is 0.315 e. The highest BCUT2D eigenvalue weighted by molar-refractivity contribution is 5.98. The Morgan fingerprint density at radius 1 is 1.06 bits per heavy atom. The second-order valence-electron chi connectivity index (χ2n) is 8.68. The van der Waals surface area contributed by atoms with Crippen molar-refractivity contribution in [3.63, 3.8) is 0 Å². The molecule has 188 valence electrons. The minimum atomic E-state index is -0.265. The van der Waals surface area contributed by atoms with Crippen LogP contribution in [0.3, 0.4) is 0 Å². The van der Waals surface area contributed by atoms with E-state index in [-0.39, 0.29) is 36.5 Å². The van der Waals surface area contributed by atoms with Crippen LogP contribution in [0.4, 0.5) is 10.1 Å². The first kappa shape index (κ1) is 26.5. The summed E-state index contributed by atoms with van der Waals surface area (Å²) in [6, 6.07) is 10.3. The van der Waals surface area contributed by atoms with Crippen molar-refractivity contribution in [2.45, 2.75) is 33.9 Å². The second-order valence-corrected chi connectivity index (χ2v) is 8.68. The van der Waals surface area contributed by atoms with Crippen LogP contribution in [0.15, 0.2) is 36.4 Å². The summed E-state index contributed by atoms with van der Waals surface area (Å²) in [5.41, 5.74) is 3.65. The molecule has 2 aromatic carbocycles. The zero-order valence-corrected chi connectivity index (χ0v) is 20.9. The molecular weight excluding hydrogens is 449 g/mol. The molecule has 0 atom stereocenters. The number of likely N-dealkylation sites (N-methyl/N-ethyl adjacent to an activating group) is 2. The number of hydrogen-bond acceptors (Lipinski definition) is 6. The van der Waals surface area contributed by atoms with Gasteiger partial charge in [0.2, 0.25) is 5.91 Å². The van der Waals surface area contributed by atoms with Crippen LogP contribution >= 0.6 is 0 Å². The molecule has 9 heteroatoms. The Bertz CT molecular complexity index is 1090. The maximum Gasteiger partial charge on any atom is 0.250 e. The number of nitrogens with zero attached hydrogens (tertiary/aromatic N) is 3. The van der Waals surface area contributed by atoms with E-state index in [0.717, 1.165) is 23.4 Å². The molecular formula is C26H34FN5O3. The molecule has 2 amide bonds. The molecule has 2 aromatic rings. The highest BCUT2D eigenvalue weighted by Gasteiger charge is 2.27. The molecule has 0 unspecified atom stereocenters. The Labute approximate surface area is 206 Å². The molecule has 0 saturated heterocycles. The van der Waals surface area contributed by atoms with Gasteiger partial charge in [-0.2, -0.15) is 0 Å². The monoisotopic (exact) mass is 483 g/mol. The SMILES string of the molecule is CCNCCN(C(=O)CNCC(=O)N(C)N1Cc2cccc(F)c2C1)c1ccc(C(C)=O)cc1C. The Hall–Kier alpha value is -3.14. The number of hydrogen-bond donors (Lipinski definition) is 2. The van der Waals surface area contributed by atoms with Gasteiger partial charge in [0, 0.05) is 50.0 Å². The normalized spacial score (nSPS) is 12.9. The summed E-state index contributed by atoms with van der Waals surface area (Å²) in [6.07, 6.45) is 0. The predicted octanol–water partition coefficient (Wildman–Crippen LogP) is 2.26. The number of ketones is 1. The summed E-state index contributed by atoms with van der Waals surface area (Å²) in [5, 5.41) is 9.43. The van der Waals surface area contributed by atoms with Gasteiger partial charge in [-0.15, -0.1) is 0 Å². The molecule has 0 saturated carbocycles. The van der Waals surface area contributed by atoms with Gasteiger partial charge < -0.3 is 10.2 Å². The van der Waals surface area contributed by atoms with Gasteiger partial charge in [0.1, 0.15) is 5.82 Å². The number of nitrogens with one attached hydrogen (secondary N) is 2. The first-order chi connectivity index (χ1) is 16.7. The lowest BCUT2D eigenvalue weighted by Gasteiger charge is -2.28. The van der Waals surface area contributed by atoms with Crippen molar-refractivity contribution in [1.82, 2.24) is 20.7 Å². The Balaban J connectivity index is 1.58. The van der Waals surface area contributed by atoms with E-state index < -0.39 is 0 Å². The second kappa shape index (κ2) is 12.0. The number of halogens is 1. The molecule has 3 rings (SSSR count). The third-order valence-corrected chi connectivity index (χ3v) is 6.20. The molecule has 2 N–H and O–H groups in total. The van der Waals surface area contributed by atoms with E-state index in [1.165, 1.54) is 18.0 Å². The van der Waals surface area contributed by atoms with Crippen LogP contribution in [0.5, 0.6) is 0 Å². The molecule has 1 aliphatic heterocycles. The summed E-state index contributed by atoms with van der Waals surface area (Å²) in [4.78, 5) is 39.2. The third kappa shape index (κ3) is 6.50. The van der Waals surface area contributed by atoms with Crippen molar-refractivity contribution in [1.29, 1.82) is 0 Å². The van der Waals surface area contributed by atoms with E-state index in [0.29, 0.717) is 37.3 Å². The average Bonchev–Trinajstić information content (AvgIpc) is 3.27. The van der Waals surface area contributed by atoms with Crippen molar-refractivity contribution < 1.29 is 18.8 Å². The van der Waals surface area contributed by atoms with Crippen LogP contribution in [0.1, 0.15) is 40.9 Å². The highest BCUT2D eigenvalue weighted by Crippen LogP contribution is 2.26. The molecule has 8 nitrogen and oxygen atoms in total. The molecule has 1 heterocycles. The van der Waals surface area contributed by atoms with Crippen LogP contribution in [0.2, 0.25) is 0 Å². The fourth-order valence-corrected chi connectivity index (χ4v) is 4.14. The lowest BCUT2D eigenvalue weighted by Crippen LogP contribution is -2.47. The zero-order chi connectivity index (χ0) is 25.5. The van der Waals surface area contributed by atoms with Gasteiger partial charge in [-0.25, -0.2) is 9.40 Å². The third-order valence-electron chi connectivity index (χ3n) is 6.20. The summed E-state index contributed by atoms with van der Waals surface area (Å²) in [6.45, 7) is 7.98. The van der Waals surface area contributed by atoms with Crippen LogP contribution in [0.25, 0.3) is 0 Å². The zero-order valence-electron chi connectivity index (χ0n) is 20.9. The first-order valence-corrected chi connectivity index (χ1v) is 11.8. The van der Waals surface area contributed by atoms with Gasteiger partial charge in [-0.3, -0.25) is 24.7 Å². The summed E-state index contributed by atoms with van der Waals surface area (Å²) in [7, 11) is 1.65. The van der Waals surface area contributed by atoms with E-state index >= 15 is 0 Å². The quantitative estimate of drug-likeness (QED) is 0.377. The number of amides is 2. The molecule has 0 bridgehead atoms. The predicted molar refractivity (Wildman–Crippen MR) is 133 cm³/mol. The number of Topliss-reactive ketones (excluding diaryl/α,β-unsaturated/α-hetero) is 1. The molecule has 0 radical (unpaired) electrons. The standard InChI is InChI=1S/C26H34FN5O3/c1-5-28-11-12-32(24-10-9-20(19(3)33)13-18(24)2)26(35)15-29-14-25(34)30(4)31-16-21-7-6-8-23(27)22(21)17-31/h6-10,13,28-29H,5,11-12,14-17H2,1-4H3. The lowest BCUT2D eigenvalue weighted by atomic mass is 10.1. The Kier molecular flexibility index (Phi) is 9.08. The number of fused-ring (bicyclic) bond motifs is 1. The van der Waals surface area contributed by atoms with E-state index in [9.17, 15) is 18.8 Å². The Morgan fingerprint density at radius 2 is 1.80 bits per heavy atom. The van der Waals surface area contributed by atoms with Gasteiger partial charge in [0.05, 0.1) is 13.1 Å². The van der Waals surface area contributed by atoms with Gasteiger partial charge in [-0.1, -0.05) is 19.1 Å². The average molecular weight is 484 g/mol. The summed E-state index contributed by atoms with van der Waals surface area (Å²) < 4.78 is 14.0. The van der Waals surface area contributed by atoms with Crippen molar-refractivity contribution in [3.8, 4) is 0 Å². The van der Waals surface area contributed by atoms with E-state index in [4.69, 9.17) is 0 Å². The van der Waals surface area contributed by atoms with E-state index in [2.05, 4.69) is 10.6 Å². The highest BCUT2D eigenvalue weighted by atomic mass is 19.1. The fourth-order valence-electron chi connectivity index (χ4n) is 4.14. The molecule has 0 spiro atoms. The smallest absolute Gasteiger partial charge is 0.250 e. The van der Waals surface area contributed by atoms with Crippen LogP contribution < -0.4 is 15.5 Å². The van der Waals surface area contributed by atoms with E-state index in [1.807, 2.05) is 19.9 Å². The number of carbonyl (C=O) groups is 3. The van der Waals surface area contributed by atoms with Gasteiger partial charge in [0.25, 0.3) is 5.91 Å². The van der Waals surface area contributed by atoms with Crippen LogP contribution in [-0.2, 0) is 22.7 Å². The Morgan fingerprint density at radius 3 is 2.46 bits per heavy atom. The maximum absolute atomic E-state index is 14.0. The molecule has 35 heavy (non-hydrogen) atoms. The number of rotatable bonds is 11. The van der Waals surface area contributed by atoms with Crippen molar-refractivity contribution in [2.75, 3.05) is 44.7 Å². The van der Waals surface area contributed by atoms with Gasteiger partial charge in [0.15, 0.2) is 5.78 Å². The topological polar surface area (TPSA) is 85.0 Å². The number of hydrazine groups is 1. The summed E-state index contributed by atoms with van der Waals surface area (Å²) >= 11 is 0. The van der Waals surface area contributed by atoms with Crippen molar-refractivity contribution >= 4 is 23.3 Å². The van der Waals surface area contributed by atoms with Gasteiger partial charge in [-0.05, 0) is 55.8 Å². The number of anilines is 1. The van der Waals surface area contributed by atoms with Crippen LogP contribution in [-0.4, -0.2) is 67.4 Å². The minimum Gasteiger partial charge on any atom is -0.315 e. The summed E-state index contributed by atoms with van der Waals surface area (Å²) in [5.74, 6) is -0.683.